The highest BCUT2D eigenvalue weighted by Gasteiger charge is 2.38. The highest BCUT2D eigenvalue weighted by Crippen LogP contribution is 2.28. The van der Waals surface area contributed by atoms with Gasteiger partial charge in [-0.3, -0.25) is 4.79 Å². The summed E-state index contributed by atoms with van der Waals surface area (Å²) in [4.78, 5) is 14.6. The average molecular weight is 322 g/mol. The van der Waals surface area contributed by atoms with Gasteiger partial charge in [0.2, 0.25) is 5.91 Å². The van der Waals surface area contributed by atoms with E-state index in [9.17, 15) is 4.79 Å². The van der Waals surface area contributed by atoms with Crippen molar-refractivity contribution < 1.29 is 19.0 Å². The largest absolute Gasteiger partial charge is 0.493 e. The van der Waals surface area contributed by atoms with Gasteiger partial charge in [-0.15, -0.1) is 0 Å². The van der Waals surface area contributed by atoms with Crippen molar-refractivity contribution in [3.05, 3.63) is 23.8 Å². The number of amides is 1. The molecule has 0 atom stereocenters. The van der Waals surface area contributed by atoms with E-state index in [4.69, 9.17) is 19.9 Å². The van der Waals surface area contributed by atoms with Gasteiger partial charge in [0.05, 0.1) is 19.8 Å². The summed E-state index contributed by atoms with van der Waals surface area (Å²) in [6.45, 7) is 4.14. The first-order chi connectivity index (χ1) is 11.0. The fourth-order valence-corrected chi connectivity index (χ4v) is 2.79. The van der Waals surface area contributed by atoms with Crippen molar-refractivity contribution in [2.24, 2.45) is 5.73 Å². The van der Waals surface area contributed by atoms with Gasteiger partial charge < -0.3 is 24.8 Å². The number of carbonyl (C=O) groups is 1. The predicted molar refractivity (Wildman–Crippen MR) is 87.6 cm³/mol. The summed E-state index contributed by atoms with van der Waals surface area (Å²) < 4.78 is 15.9. The Morgan fingerprint density at radius 3 is 2.48 bits per heavy atom. The number of benzene rings is 1. The molecule has 0 unspecified atom stereocenters. The summed E-state index contributed by atoms with van der Waals surface area (Å²) in [7, 11) is 3.20. The number of likely N-dealkylation sites (N-methyl/N-ethyl adjacent to an activating group) is 1. The van der Waals surface area contributed by atoms with Crippen LogP contribution in [-0.2, 0) is 16.1 Å². The second-order valence-corrected chi connectivity index (χ2v) is 5.78. The monoisotopic (exact) mass is 322 g/mol. The van der Waals surface area contributed by atoms with Gasteiger partial charge in [-0.1, -0.05) is 6.07 Å². The second kappa shape index (κ2) is 7.66. The van der Waals surface area contributed by atoms with Crippen LogP contribution >= 0.6 is 0 Å². The molecule has 1 aromatic carbocycles. The van der Waals surface area contributed by atoms with Crippen LogP contribution in [0.4, 0.5) is 0 Å². The zero-order chi connectivity index (χ0) is 16.9. The summed E-state index contributed by atoms with van der Waals surface area (Å²) in [5, 5.41) is 0. The van der Waals surface area contributed by atoms with Crippen LogP contribution < -0.4 is 15.2 Å². The molecule has 1 aliphatic heterocycles. The van der Waals surface area contributed by atoms with E-state index < -0.39 is 5.54 Å². The van der Waals surface area contributed by atoms with Crippen molar-refractivity contribution in [3.8, 4) is 11.5 Å². The Balaban J connectivity index is 2.14. The van der Waals surface area contributed by atoms with Gasteiger partial charge in [0.25, 0.3) is 0 Å². The SMILES string of the molecule is CCN(Cc1ccc(OC)c(OC)c1)C(=O)C1(N)CCOCC1. The predicted octanol–water partition coefficient (Wildman–Crippen LogP) is 1.56. The molecule has 23 heavy (non-hydrogen) atoms. The Morgan fingerprint density at radius 1 is 1.26 bits per heavy atom. The molecular formula is C17H26N2O4. The van der Waals surface area contributed by atoms with Crippen LogP contribution in [-0.4, -0.2) is 50.3 Å². The Hall–Kier alpha value is -1.79. The van der Waals surface area contributed by atoms with Crippen LogP contribution in [0.1, 0.15) is 25.3 Å². The van der Waals surface area contributed by atoms with Gasteiger partial charge in [-0.05, 0) is 37.5 Å². The lowest BCUT2D eigenvalue weighted by Gasteiger charge is -2.36. The molecule has 1 aliphatic rings. The third kappa shape index (κ3) is 3.95. The molecule has 0 bridgehead atoms. The van der Waals surface area contributed by atoms with Crippen LogP contribution in [0.15, 0.2) is 18.2 Å². The van der Waals surface area contributed by atoms with E-state index in [-0.39, 0.29) is 5.91 Å². The quantitative estimate of drug-likeness (QED) is 0.860. The molecule has 1 fully saturated rings. The fourth-order valence-electron chi connectivity index (χ4n) is 2.79. The Morgan fingerprint density at radius 2 is 1.91 bits per heavy atom. The highest BCUT2D eigenvalue weighted by atomic mass is 16.5. The standard InChI is InChI=1S/C17H26N2O4/c1-4-19(16(20)17(18)7-9-23-10-8-17)12-13-5-6-14(21-2)15(11-13)22-3/h5-6,11H,4,7-10,12,18H2,1-3H3. The highest BCUT2D eigenvalue weighted by molar-refractivity contribution is 5.86. The smallest absolute Gasteiger partial charge is 0.243 e. The van der Waals surface area contributed by atoms with Gasteiger partial charge in [0, 0.05) is 26.3 Å². The number of hydrogen-bond acceptors (Lipinski definition) is 5. The number of methoxy groups -OCH3 is 2. The van der Waals surface area contributed by atoms with E-state index >= 15 is 0 Å². The molecule has 1 heterocycles. The van der Waals surface area contributed by atoms with Crippen LogP contribution in [0, 0.1) is 0 Å². The van der Waals surface area contributed by atoms with E-state index in [1.54, 1.807) is 19.1 Å². The molecule has 0 radical (unpaired) electrons. The molecule has 1 amide bonds. The number of nitrogens with two attached hydrogens (primary N) is 1. The first-order valence-electron chi connectivity index (χ1n) is 7.91. The molecule has 2 rings (SSSR count). The molecular weight excluding hydrogens is 296 g/mol. The van der Waals surface area contributed by atoms with Gasteiger partial charge in [-0.2, -0.15) is 0 Å². The van der Waals surface area contributed by atoms with Gasteiger partial charge in [-0.25, -0.2) is 0 Å². The molecule has 0 aromatic heterocycles. The maximum absolute atomic E-state index is 12.8. The average Bonchev–Trinajstić information content (AvgIpc) is 2.59. The summed E-state index contributed by atoms with van der Waals surface area (Å²) in [6, 6.07) is 5.67. The number of rotatable bonds is 6. The van der Waals surface area contributed by atoms with E-state index in [1.165, 1.54) is 0 Å². The third-order valence-electron chi connectivity index (χ3n) is 4.30. The molecule has 0 aliphatic carbocycles. The number of ether oxygens (including phenoxy) is 3. The molecule has 0 saturated carbocycles. The summed E-state index contributed by atoms with van der Waals surface area (Å²) in [5.41, 5.74) is 6.48. The zero-order valence-electron chi connectivity index (χ0n) is 14.1. The molecule has 6 nitrogen and oxygen atoms in total. The minimum absolute atomic E-state index is 0.0157. The Labute approximate surface area is 137 Å². The van der Waals surface area contributed by atoms with Crippen molar-refractivity contribution in [1.82, 2.24) is 4.90 Å². The lowest BCUT2D eigenvalue weighted by molar-refractivity contribution is -0.141. The summed E-state index contributed by atoms with van der Waals surface area (Å²) in [6.07, 6.45) is 1.13. The summed E-state index contributed by atoms with van der Waals surface area (Å²) >= 11 is 0. The van der Waals surface area contributed by atoms with Crippen LogP contribution in [0.5, 0.6) is 11.5 Å². The number of hydrogen-bond donors (Lipinski definition) is 1. The molecule has 1 aromatic rings. The normalized spacial score (nSPS) is 16.7. The van der Waals surface area contributed by atoms with Crippen molar-refractivity contribution in [3.63, 3.8) is 0 Å². The molecule has 6 heteroatoms. The topological polar surface area (TPSA) is 74.0 Å². The fraction of sp³-hybridized carbons (Fsp3) is 0.588. The van der Waals surface area contributed by atoms with Gasteiger partial charge in [0.15, 0.2) is 11.5 Å². The lowest BCUT2D eigenvalue weighted by atomic mass is 9.89. The van der Waals surface area contributed by atoms with Crippen LogP contribution in [0.3, 0.4) is 0 Å². The molecule has 1 saturated heterocycles. The molecule has 128 valence electrons. The number of nitrogens with zero attached hydrogens (tertiary/aromatic N) is 1. The first kappa shape index (κ1) is 17.6. The number of carbonyl (C=O) groups excluding carboxylic acids is 1. The van der Waals surface area contributed by atoms with Gasteiger partial charge in [0.1, 0.15) is 0 Å². The van der Waals surface area contributed by atoms with Crippen molar-refractivity contribution in [1.29, 1.82) is 0 Å². The second-order valence-electron chi connectivity index (χ2n) is 5.78. The first-order valence-corrected chi connectivity index (χ1v) is 7.91. The van der Waals surface area contributed by atoms with Crippen molar-refractivity contribution in [2.75, 3.05) is 34.0 Å². The van der Waals surface area contributed by atoms with Crippen molar-refractivity contribution in [2.45, 2.75) is 31.8 Å². The Bertz CT molecular complexity index is 541. The van der Waals surface area contributed by atoms with Crippen molar-refractivity contribution >= 4 is 5.91 Å². The van der Waals surface area contributed by atoms with Crippen LogP contribution in [0.25, 0.3) is 0 Å². The third-order valence-corrected chi connectivity index (χ3v) is 4.30. The van der Waals surface area contributed by atoms with E-state index in [0.717, 1.165) is 5.56 Å². The minimum Gasteiger partial charge on any atom is -0.493 e. The molecule has 0 spiro atoms. The lowest BCUT2D eigenvalue weighted by Crippen LogP contribution is -2.57. The zero-order valence-corrected chi connectivity index (χ0v) is 14.1. The van der Waals surface area contributed by atoms with E-state index in [1.807, 2.05) is 25.1 Å². The maximum atomic E-state index is 12.8. The van der Waals surface area contributed by atoms with E-state index in [0.29, 0.717) is 50.6 Å². The summed E-state index contributed by atoms with van der Waals surface area (Å²) in [5.74, 6) is 1.31. The maximum Gasteiger partial charge on any atom is 0.243 e. The molecule has 2 N–H and O–H groups in total. The Kier molecular flexibility index (Phi) is 5.85. The van der Waals surface area contributed by atoms with E-state index in [2.05, 4.69) is 0 Å². The van der Waals surface area contributed by atoms with Gasteiger partial charge >= 0.3 is 0 Å². The minimum atomic E-state index is -0.815. The van der Waals surface area contributed by atoms with Crippen LogP contribution in [0.2, 0.25) is 0 Å².